The summed E-state index contributed by atoms with van der Waals surface area (Å²) in [6.07, 6.45) is 4.13. The average Bonchev–Trinajstić information content (AvgIpc) is 2.91. The predicted octanol–water partition coefficient (Wildman–Crippen LogP) is 2.60. The van der Waals surface area contributed by atoms with Crippen molar-refractivity contribution in [3.63, 3.8) is 0 Å². The summed E-state index contributed by atoms with van der Waals surface area (Å²) in [4.78, 5) is 3.85. The summed E-state index contributed by atoms with van der Waals surface area (Å²) in [6.45, 7) is 1.03. The van der Waals surface area contributed by atoms with E-state index in [0.717, 1.165) is 32.2 Å². The number of nitrogens with one attached hydrogen (secondary N) is 1. The van der Waals surface area contributed by atoms with Gasteiger partial charge in [-0.2, -0.15) is 5.26 Å². The van der Waals surface area contributed by atoms with Crippen LogP contribution in [0.15, 0.2) is 17.5 Å². The second-order valence-corrected chi connectivity index (χ2v) is 6.20. The minimum absolute atomic E-state index is 0.278. The Morgan fingerprint density at radius 2 is 2.28 bits per heavy atom. The monoisotopic (exact) mass is 263 g/mol. The molecule has 1 aromatic rings. The number of thiophene rings is 1. The Bertz CT molecular complexity index is 399. The van der Waals surface area contributed by atoms with Gasteiger partial charge in [-0.25, -0.2) is 0 Å². The molecule has 0 amide bonds. The molecule has 98 valence electrons. The fourth-order valence-corrected chi connectivity index (χ4v) is 3.50. The van der Waals surface area contributed by atoms with E-state index in [4.69, 9.17) is 0 Å². The van der Waals surface area contributed by atoms with Crippen molar-refractivity contribution in [1.29, 1.82) is 5.26 Å². The molecule has 1 aliphatic rings. The van der Waals surface area contributed by atoms with Gasteiger partial charge in [0, 0.05) is 17.5 Å². The first kappa shape index (κ1) is 13.5. The highest BCUT2D eigenvalue weighted by Crippen LogP contribution is 2.30. The summed E-state index contributed by atoms with van der Waals surface area (Å²) < 4.78 is 0. The van der Waals surface area contributed by atoms with Crippen molar-refractivity contribution in [3.05, 3.63) is 22.4 Å². The topological polar surface area (TPSA) is 39.1 Å². The highest BCUT2D eigenvalue weighted by atomic mass is 32.1. The molecular formula is C14H21N3S. The van der Waals surface area contributed by atoms with Gasteiger partial charge in [-0.1, -0.05) is 6.07 Å². The van der Waals surface area contributed by atoms with Gasteiger partial charge in [0.05, 0.1) is 6.07 Å². The van der Waals surface area contributed by atoms with Gasteiger partial charge in [-0.3, -0.25) is 4.90 Å². The van der Waals surface area contributed by atoms with Gasteiger partial charge in [0.1, 0.15) is 5.54 Å². The van der Waals surface area contributed by atoms with E-state index in [9.17, 15) is 5.26 Å². The third kappa shape index (κ3) is 2.92. The molecule has 0 unspecified atom stereocenters. The van der Waals surface area contributed by atoms with E-state index in [2.05, 4.69) is 40.8 Å². The lowest BCUT2D eigenvalue weighted by molar-refractivity contribution is 0.152. The predicted molar refractivity (Wildman–Crippen MR) is 75.4 cm³/mol. The standard InChI is InChI=1S/C14H21N3S/c1-16-14(11-15)7-5-12(6-8-14)17(2)10-13-4-3-9-18-13/h3-4,9,12,16H,5-8,10H2,1-2H3. The lowest BCUT2D eigenvalue weighted by Crippen LogP contribution is -2.48. The lowest BCUT2D eigenvalue weighted by Gasteiger charge is -2.38. The lowest BCUT2D eigenvalue weighted by atomic mass is 9.80. The van der Waals surface area contributed by atoms with E-state index in [1.165, 1.54) is 4.88 Å². The molecule has 1 heterocycles. The Kier molecular flexibility index (Phi) is 4.39. The van der Waals surface area contributed by atoms with Crippen LogP contribution in [0.25, 0.3) is 0 Å². The van der Waals surface area contributed by atoms with Crippen LogP contribution in [-0.2, 0) is 6.54 Å². The Balaban J connectivity index is 1.88. The summed E-state index contributed by atoms with van der Waals surface area (Å²) in [5.74, 6) is 0. The van der Waals surface area contributed by atoms with Crippen LogP contribution in [-0.4, -0.2) is 30.6 Å². The van der Waals surface area contributed by atoms with E-state index in [0.29, 0.717) is 6.04 Å². The second kappa shape index (κ2) is 5.83. The molecule has 2 rings (SSSR count). The van der Waals surface area contributed by atoms with Crippen molar-refractivity contribution in [2.45, 2.75) is 43.8 Å². The second-order valence-electron chi connectivity index (χ2n) is 5.17. The van der Waals surface area contributed by atoms with Gasteiger partial charge >= 0.3 is 0 Å². The zero-order valence-electron chi connectivity index (χ0n) is 11.1. The van der Waals surface area contributed by atoms with Crippen LogP contribution >= 0.6 is 11.3 Å². The van der Waals surface area contributed by atoms with Crippen molar-refractivity contribution >= 4 is 11.3 Å². The summed E-state index contributed by atoms with van der Waals surface area (Å²) in [6, 6.07) is 7.36. The van der Waals surface area contributed by atoms with Gasteiger partial charge in [-0.15, -0.1) is 11.3 Å². The molecule has 0 bridgehead atoms. The Morgan fingerprint density at radius 3 is 2.78 bits per heavy atom. The van der Waals surface area contributed by atoms with Crippen LogP contribution in [0.2, 0.25) is 0 Å². The van der Waals surface area contributed by atoms with Crippen LogP contribution in [0.3, 0.4) is 0 Å². The number of hydrogen-bond acceptors (Lipinski definition) is 4. The fraction of sp³-hybridized carbons (Fsp3) is 0.643. The van der Waals surface area contributed by atoms with Crippen LogP contribution in [0.1, 0.15) is 30.6 Å². The highest BCUT2D eigenvalue weighted by molar-refractivity contribution is 7.09. The van der Waals surface area contributed by atoms with Crippen LogP contribution in [0.4, 0.5) is 0 Å². The zero-order valence-corrected chi connectivity index (χ0v) is 12.0. The van der Waals surface area contributed by atoms with Gasteiger partial charge in [0.15, 0.2) is 0 Å². The number of hydrogen-bond donors (Lipinski definition) is 1. The minimum Gasteiger partial charge on any atom is -0.302 e. The Morgan fingerprint density at radius 1 is 1.56 bits per heavy atom. The van der Waals surface area contributed by atoms with Crippen LogP contribution < -0.4 is 5.32 Å². The maximum Gasteiger partial charge on any atom is 0.106 e. The molecule has 4 heteroatoms. The Labute approximate surface area is 113 Å². The molecule has 3 nitrogen and oxygen atoms in total. The summed E-state index contributed by atoms with van der Waals surface area (Å²) in [7, 11) is 4.10. The summed E-state index contributed by atoms with van der Waals surface area (Å²) in [5.41, 5.74) is -0.278. The van der Waals surface area contributed by atoms with Crippen molar-refractivity contribution < 1.29 is 0 Å². The third-order valence-electron chi connectivity index (χ3n) is 4.11. The van der Waals surface area contributed by atoms with E-state index in [1.54, 1.807) is 0 Å². The molecule has 1 aromatic heterocycles. The smallest absolute Gasteiger partial charge is 0.106 e. The van der Waals surface area contributed by atoms with Gasteiger partial charge in [0.2, 0.25) is 0 Å². The fourth-order valence-electron chi connectivity index (χ4n) is 2.73. The molecule has 0 saturated heterocycles. The van der Waals surface area contributed by atoms with Crippen LogP contribution in [0, 0.1) is 11.3 Å². The normalized spacial score (nSPS) is 28.2. The van der Waals surface area contributed by atoms with Gasteiger partial charge < -0.3 is 5.32 Å². The molecule has 0 spiro atoms. The quantitative estimate of drug-likeness (QED) is 0.907. The maximum absolute atomic E-state index is 9.25. The van der Waals surface area contributed by atoms with Crippen molar-refractivity contribution in [2.24, 2.45) is 0 Å². The number of rotatable bonds is 4. The SMILES string of the molecule is CNC1(C#N)CCC(N(C)Cc2cccs2)CC1. The highest BCUT2D eigenvalue weighted by Gasteiger charge is 2.35. The molecule has 0 aromatic carbocycles. The average molecular weight is 263 g/mol. The van der Waals surface area contributed by atoms with E-state index >= 15 is 0 Å². The van der Waals surface area contributed by atoms with Crippen molar-refractivity contribution in [1.82, 2.24) is 10.2 Å². The molecule has 1 N–H and O–H groups in total. The van der Waals surface area contributed by atoms with Crippen molar-refractivity contribution in [2.75, 3.05) is 14.1 Å². The van der Waals surface area contributed by atoms with E-state index in [1.807, 2.05) is 18.4 Å². The summed E-state index contributed by atoms with van der Waals surface area (Å²) in [5, 5.41) is 14.6. The van der Waals surface area contributed by atoms with Gasteiger partial charge in [0.25, 0.3) is 0 Å². The first-order valence-corrected chi connectivity index (χ1v) is 7.40. The number of nitrogens with zero attached hydrogens (tertiary/aromatic N) is 2. The van der Waals surface area contributed by atoms with Crippen molar-refractivity contribution in [3.8, 4) is 6.07 Å². The van der Waals surface area contributed by atoms with E-state index in [-0.39, 0.29) is 5.54 Å². The summed E-state index contributed by atoms with van der Waals surface area (Å²) >= 11 is 1.82. The maximum atomic E-state index is 9.25. The molecule has 0 radical (unpaired) electrons. The molecule has 0 atom stereocenters. The first-order valence-electron chi connectivity index (χ1n) is 6.52. The van der Waals surface area contributed by atoms with Gasteiger partial charge in [-0.05, 0) is 51.2 Å². The minimum atomic E-state index is -0.278. The first-order chi connectivity index (χ1) is 8.69. The molecule has 1 fully saturated rings. The molecular weight excluding hydrogens is 242 g/mol. The Hall–Kier alpha value is -0.890. The third-order valence-corrected chi connectivity index (χ3v) is 4.97. The van der Waals surface area contributed by atoms with E-state index < -0.39 is 0 Å². The van der Waals surface area contributed by atoms with Crippen LogP contribution in [0.5, 0.6) is 0 Å². The largest absolute Gasteiger partial charge is 0.302 e. The molecule has 1 saturated carbocycles. The number of nitriles is 1. The molecule has 0 aliphatic heterocycles. The zero-order chi connectivity index (χ0) is 13.0. The molecule has 1 aliphatic carbocycles. The molecule has 18 heavy (non-hydrogen) atoms.